The van der Waals surface area contributed by atoms with Crippen LogP contribution < -0.4 is 4.90 Å². The number of nitrogens with zero attached hydrogens (tertiary/aromatic N) is 4. The number of hydrogen-bond donors (Lipinski definition) is 0. The predicted octanol–water partition coefficient (Wildman–Crippen LogP) is 12.8. The molecule has 0 saturated carbocycles. The standard InChI is InChI=1S/C51H34N4O/c1-4-15-34(16-5-1)49-52-50(35-17-6-2-7-18-35)54-51(53-49)36-29-27-33(28-30-36)37-31-43(41-24-14-23-40-39-21-11-13-26-46(39)56-48(40)41)47-42-22-10-12-25-44(42)55(45(47)32-37)38-19-8-3-9-20-38/h1-32,42,44H. The molecular formula is C51H34N4O. The second-order valence-electron chi connectivity index (χ2n) is 14.3. The number of benzene rings is 7. The Kier molecular flexibility index (Phi) is 7.56. The molecule has 2 aliphatic rings. The van der Waals surface area contributed by atoms with E-state index in [0.29, 0.717) is 17.5 Å². The number of aromatic nitrogens is 3. The summed E-state index contributed by atoms with van der Waals surface area (Å²) in [5.41, 5.74) is 12.8. The SMILES string of the molecule is C1=CC2c3c(-c4cccc5c4oc4ccccc45)cc(-c4ccc(-c5nc(-c6ccccc6)nc(-c6ccccc6)n5)cc4)cc3N(c3ccccc3)C2C=C1. The number of allylic oxidation sites excluding steroid dienone is 2. The van der Waals surface area contributed by atoms with Crippen LogP contribution in [-0.4, -0.2) is 21.0 Å². The second-order valence-corrected chi connectivity index (χ2v) is 14.3. The van der Waals surface area contributed by atoms with E-state index >= 15 is 0 Å². The lowest BCUT2D eigenvalue weighted by Gasteiger charge is -2.28. The van der Waals surface area contributed by atoms with Crippen LogP contribution in [0.15, 0.2) is 199 Å². The Bertz CT molecular complexity index is 2910. The highest BCUT2D eigenvalue weighted by Gasteiger charge is 2.40. The quantitative estimate of drug-likeness (QED) is 0.171. The first-order chi connectivity index (χ1) is 27.8. The van der Waals surface area contributed by atoms with Crippen LogP contribution in [0, 0.1) is 0 Å². The zero-order chi connectivity index (χ0) is 37.0. The number of para-hydroxylation sites is 3. The molecule has 56 heavy (non-hydrogen) atoms. The maximum Gasteiger partial charge on any atom is 0.164 e. The molecule has 9 aromatic rings. The molecule has 2 aromatic heterocycles. The zero-order valence-corrected chi connectivity index (χ0v) is 30.3. The van der Waals surface area contributed by atoms with Crippen molar-refractivity contribution in [3.63, 3.8) is 0 Å². The van der Waals surface area contributed by atoms with E-state index in [0.717, 1.165) is 55.3 Å². The summed E-state index contributed by atoms with van der Waals surface area (Å²) in [7, 11) is 0. The fraction of sp³-hybridized carbons (Fsp3) is 0.0392. The van der Waals surface area contributed by atoms with Crippen LogP contribution in [0.1, 0.15) is 11.5 Å². The molecule has 0 bridgehead atoms. The van der Waals surface area contributed by atoms with Gasteiger partial charge in [-0.15, -0.1) is 0 Å². The molecule has 5 heteroatoms. The van der Waals surface area contributed by atoms with Gasteiger partial charge in [0.05, 0.1) is 6.04 Å². The Hall–Kier alpha value is -7.37. The van der Waals surface area contributed by atoms with Crippen LogP contribution in [0.3, 0.4) is 0 Å². The molecule has 0 amide bonds. The number of fused-ring (bicyclic) bond motifs is 6. The molecule has 0 radical (unpaired) electrons. The van der Waals surface area contributed by atoms with Crippen molar-refractivity contribution in [2.24, 2.45) is 0 Å². The number of hydrogen-bond acceptors (Lipinski definition) is 5. The van der Waals surface area contributed by atoms with E-state index in [1.807, 2.05) is 66.7 Å². The predicted molar refractivity (Wildman–Crippen MR) is 228 cm³/mol. The zero-order valence-electron chi connectivity index (χ0n) is 30.3. The first-order valence-corrected chi connectivity index (χ1v) is 19.0. The minimum absolute atomic E-state index is 0.144. The van der Waals surface area contributed by atoms with Crippen molar-refractivity contribution >= 4 is 33.3 Å². The normalized spacial score (nSPS) is 15.7. The number of furan rings is 1. The Balaban J connectivity index is 1.09. The molecule has 2 atom stereocenters. The number of anilines is 2. The van der Waals surface area contributed by atoms with E-state index in [1.54, 1.807) is 0 Å². The third-order valence-electron chi connectivity index (χ3n) is 11.1. The molecular weight excluding hydrogens is 685 g/mol. The van der Waals surface area contributed by atoms with E-state index in [9.17, 15) is 0 Å². The van der Waals surface area contributed by atoms with Crippen LogP contribution in [0.2, 0.25) is 0 Å². The third kappa shape index (κ3) is 5.36. The van der Waals surface area contributed by atoms with Crippen LogP contribution in [-0.2, 0) is 0 Å². The van der Waals surface area contributed by atoms with Gasteiger partial charge in [-0.2, -0.15) is 0 Å². The fourth-order valence-electron chi connectivity index (χ4n) is 8.46. The molecule has 0 saturated heterocycles. The average Bonchev–Trinajstić information content (AvgIpc) is 3.83. The first kappa shape index (κ1) is 32.1. The van der Waals surface area contributed by atoms with Gasteiger partial charge in [0.2, 0.25) is 0 Å². The van der Waals surface area contributed by atoms with Gasteiger partial charge in [0.15, 0.2) is 17.5 Å². The molecule has 2 unspecified atom stereocenters. The Labute approximate surface area is 324 Å². The lowest BCUT2D eigenvalue weighted by atomic mass is 9.84. The Morgan fingerprint density at radius 2 is 1.02 bits per heavy atom. The van der Waals surface area contributed by atoms with Gasteiger partial charge in [-0.1, -0.05) is 164 Å². The van der Waals surface area contributed by atoms with Gasteiger partial charge < -0.3 is 9.32 Å². The summed E-state index contributed by atoms with van der Waals surface area (Å²) in [6.45, 7) is 0. The maximum atomic E-state index is 6.67. The molecule has 0 fully saturated rings. The van der Waals surface area contributed by atoms with Gasteiger partial charge in [0, 0.05) is 50.3 Å². The average molecular weight is 719 g/mol. The van der Waals surface area contributed by atoms with E-state index in [1.165, 1.54) is 22.5 Å². The summed E-state index contributed by atoms with van der Waals surface area (Å²) < 4.78 is 6.67. The van der Waals surface area contributed by atoms with E-state index < -0.39 is 0 Å². The van der Waals surface area contributed by atoms with Crippen LogP contribution in [0.4, 0.5) is 11.4 Å². The highest BCUT2D eigenvalue weighted by atomic mass is 16.3. The van der Waals surface area contributed by atoms with Gasteiger partial charge in [0.25, 0.3) is 0 Å². The lowest BCUT2D eigenvalue weighted by Crippen LogP contribution is -2.28. The van der Waals surface area contributed by atoms with Crippen molar-refractivity contribution in [1.82, 2.24) is 15.0 Å². The fourth-order valence-corrected chi connectivity index (χ4v) is 8.46. The molecule has 11 rings (SSSR count). The Morgan fingerprint density at radius 1 is 0.446 bits per heavy atom. The largest absolute Gasteiger partial charge is 0.455 e. The molecule has 264 valence electrons. The summed E-state index contributed by atoms with van der Waals surface area (Å²) in [6.07, 6.45) is 9.05. The third-order valence-corrected chi connectivity index (χ3v) is 11.1. The molecule has 7 aromatic carbocycles. The highest BCUT2D eigenvalue weighted by molar-refractivity contribution is 6.10. The van der Waals surface area contributed by atoms with Crippen molar-refractivity contribution in [3.8, 4) is 56.4 Å². The van der Waals surface area contributed by atoms with Crippen LogP contribution >= 0.6 is 0 Å². The smallest absolute Gasteiger partial charge is 0.164 e. The first-order valence-electron chi connectivity index (χ1n) is 19.0. The number of rotatable bonds is 6. The highest BCUT2D eigenvalue weighted by Crippen LogP contribution is 2.53. The second kappa shape index (κ2) is 13.2. The van der Waals surface area contributed by atoms with Crippen molar-refractivity contribution in [2.45, 2.75) is 12.0 Å². The Morgan fingerprint density at radius 3 is 1.71 bits per heavy atom. The van der Waals surface area contributed by atoms with Gasteiger partial charge in [0.1, 0.15) is 11.2 Å². The topological polar surface area (TPSA) is 55.1 Å². The van der Waals surface area contributed by atoms with E-state index in [-0.39, 0.29) is 12.0 Å². The van der Waals surface area contributed by atoms with Crippen molar-refractivity contribution in [2.75, 3.05) is 4.90 Å². The summed E-state index contributed by atoms with van der Waals surface area (Å²) in [4.78, 5) is 17.4. The van der Waals surface area contributed by atoms with Gasteiger partial charge >= 0.3 is 0 Å². The molecule has 1 aliphatic carbocycles. The van der Waals surface area contributed by atoms with Gasteiger partial charge in [-0.25, -0.2) is 15.0 Å². The molecule has 3 heterocycles. The summed E-state index contributed by atoms with van der Waals surface area (Å²) in [6, 6.07) is 59.3. The minimum atomic E-state index is 0.144. The van der Waals surface area contributed by atoms with Gasteiger partial charge in [-0.3, -0.25) is 0 Å². The maximum absolute atomic E-state index is 6.67. The molecule has 1 aliphatic heterocycles. The molecule has 0 spiro atoms. The van der Waals surface area contributed by atoms with E-state index in [2.05, 4.69) is 132 Å². The van der Waals surface area contributed by atoms with Crippen molar-refractivity contribution < 1.29 is 4.42 Å². The van der Waals surface area contributed by atoms with Crippen LogP contribution in [0.25, 0.3) is 78.4 Å². The van der Waals surface area contributed by atoms with Crippen LogP contribution in [0.5, 0.6) is 0 Å². The van der Waals surface area contributed by atoms with Crippen molar-refractivity contribution in [1.29, 1.82) is 0 Å². The monoisotopic (exact) mass is 718 g/mol. The van der Waals surface area contributed by atoms with Gasteiger partial charge in [-0.05, 0) is 52.6 Å². The summed E-state index contributed by atoms with van der Waals surface area (Å²) in [5.74, 6) is 2.09. The summed E-state index contributed by atoms with van der Waals surface area (Å²) in [5, 5.41) is 2.25. The molecule has 0 N–H and O–H groups in total. The molecule has 5 nitrogen and oxygen atoms in total. The lowest BCUT2D eigenvalue weighted by molar-refractivity contribution is 0.670. The van der Waals surface area contributed by atoms with Crippen molar-refractivity contribution in [3.05, 3.63) is 200 Å². The summed E-state index contributed by atoms with van der Waals surface area (Å²) >= 11 is 0. The minimum Gasteiger partial charge on any atom is -0.455 e. The van der Waals surface area contributed by atoms with E-state index in [4.69, 9.17) is 19.4 Å².